The molecule has 11 heteroatoms. The van der Waals surface area contributed by atoms with Gasteiger partial charge in [-0.2, -0.15) is 0 Å². The third-order valence-corrected chi connectivity index (χ3v) is 6.78. The van der Waals surface area contributed by atoms with Crippen LogP contribution in [-0.2, 0) is 10.3 Å². The summed E-state index contributed by atoms with van der Waals surface area (Å²) in [6.45, 7) is 2.75. The monoisotopic (exact) mass is 503 g/mol. The van der Waals surface area contributed by atoms with Crippen molar-refractivity contribution in [1.82, 2.24) is 5.32 Å². The van der Waals surface area contributed by atoms with Crippen molar-refractivity contribution < 1.29 is 38.8 Å². The lowest BCUT2D eigenvalue weighted by molar-refractivity contribution is 0.0222. The highest BCUT2D eigenvalue weighted by molar-refractivity contribution is 6.07. The lowest BCUT2D eigenvalue weighted by atomic mass is 9.76. The standard InChI is InChI=1S/C26H21N3O8/c27-25(34)35-15-2-4-18-21(12-15)36-20-11-14(30)1-3-17(20)26(18)19-10-13(29-7-5-28-6-8-29)9-16(23(31)32)22(19)24(33)37-26/h1-4,9-12,28,30H,5-8H2,(H2,27,34)(H,31,32). The van der Waals surface area contributed by atoms with Crippen LogP contribution in [0, 0.1) is 0 Å². The fraction of sp³-hybridized carbons (Fsp3) is 0.192. The van der Waals surface area contributed by atoms with Gasteiger partial charge in [0.05, 0.1) is 11.1 Å². The number of hydrogen-bond acceptors (Lipinski definition) is 9. The van der Waals surface area contributed by atoms with Crippen molar-refractivity contribution in [3.05, 3.63) is 76.3 Å². The Bertz CT molecular complexity index is 1500. The Labute approximate surface area is 210 Å². The minimum Gasteiger partial charge on any atom is -0.508 e. The van der Waals surface area contributed by atoms with Crippen molar-refractivity contribution in [1.29, 1.82) is 0 Å². The van der Waals surface area contributed by atoms with Gasteiger partial charge in [0.2, 0.25) is 0 Å². The maximum absolute atomic E-state index is 13.4. The molecule has 3 aromatic carbocycles. The number of fused-ring (bicyclic) bond motifs is 6. The number of ether oxygens (including phenoxy) is 3. The minimum atomic E-state index is -1.58. The van der Waals surface area contributed by atoms with Crippen LogP contribution < -0.4 is 25.4 Å². The number of anilines is 1. The number of carbonyl (C=O) groups excluding carboxylic acids is 2. The molecule has 1 amide bonds. The van der Waals surface area contributed by atoms with Crippen LogP contribution in [0.4, 0.5) is 10.5 Å². The molecule has 1 saturated heterocycles. The number of nitrogens with two attached hydrogens (primary N) is 1. The summed E-state index contributed by atoms with van der Waals surface area (Å²) >= 11 is 0. The number of rotatable bonds is 3. The zero-order chi connectivity index (χ0) is 25.9. The molecule has 0 saturated carbocycles. The summed E-state index contributed by atoms with van der Waals surface area (Å²) in [6.07, 6.45) is -1.02. The molecule has 6 rings (SSSR count). The van der Waals surface area contributed by atoms with E-state index in [2.05, 4.69) is 5.32 Å². The number of phenols is 1. The second-order valence-electron chi connectivity index (χ2n) is 8.89. The fourth-order valence-corrected chi connectivity index (χ4v) is 5.25. The van der Waals surface area contributed by atoms with Crippen molar-refractivity contribution in [2.45, 2.75) is 5.60 Å². The zero-order valence-electron chi connectivity index (χ0n) is 19.3. The quantitative estimate of drug-likeness (QED) is 0.391. The molecule has 3 aliphatic rings. The molecule has 1 spiro atoms. The van der Waals surface area contributed by atoms with Gasteiger partial charge in [-0.25, -0.2) is 14.4 Å². The number of benzene rings is 3. The van der Waals surface area contributed by atoms with Crippen molar-refractivity contribution >= 4 is 23.7 Å². The van der Waals surface area contributed by atoms with Crippen LogP contribution >= 0.6 is 0 Å². The van der Waals surface area contributed by atoms with Gasteiger partial charge in [-0.1, -0.05) is 0 Å². The van der Waals surface area contributed by atoms with Gasteiger partial charge in [0.15, 0.2) is 5.60 Å². The smallest absolute Gasteiger partial charge is 0.409 e. The number of carboxylic acids is 1. The highest BCUT2D eigenvalue weighted by atomic mass is 16.6. The van der Waals surface area contributed by atoms with E-state index in [9.17, 15) is 24.6 Å². The first-order chi connectivity index (χ1) is 17.8. The molecular formula is C26H21N3O8. The molecule has 3 aromatic rings. The fourth-order valence-electron chi connectivity index (χ4n) is 5.25. The van der Waals surface area contributed by atoms with E-state index in [-0.39, 0.29) is 34.1 Å². The molecule has 1 fully saturated rings. The largest absolute Gasteiger partial charge is 0.508 e. The number of hydrogen-bond donors (Lipinski definition) is 4. The van der Waals surface area contributed by atoms with E-state index in [1.165, 1.54) is 30.3 Å². The number of primary amides is 1. The highest BCUT2D eigenvalue weighted by Gasteiger charge is 2.55. The summed E-state index contributed by atoms with van der Waals surface area (Å²) in [4.78, 5) is 39.1. The lowest BCUT2D eigenvalue weighted by Crippen LogP contribution is -2.43. The summed E-state index contributed by atoms with van der Waals surface area (Å²) in [5.41, 5.74) is 5.12. The Morgan fingerprint density at radius 3 is 2.41 bits per heavy atom. The molecule has 0 aliphatic carbocycles. The van der Waals surface area contributed by atoms with Crippen molar-refractivity contribution in [2.75, 3.05) is 31.1 Å². The number of phenolic OH excluding ortho intramolecular Hbond substituents is 1. The molecule has 11 nitrogen and oxygen atoms in total. The second-order valence-corrected chi connectivity index (χ2v) is 8.89. The molecule has 188 valence electrons. The number of aromatic hydroxyl groups is 1. The normalized spacial score (nSPS) is 19.4. The third-order valence-electron chi connectivity index (χ3n) is 6.78. The first-order valence-corrected chi connectivity index (χ1v) is 11.5. The van der Waals surface area contributed by atoms with Gasteiger partial charge in [-0.05, 0) is 36.4 Å². The van der Waals surface area contributed by atoms with Crippen LogP contribution in [-0.4, -0.2) is 54.4 Å². The van der Waals surface area contributed by atoms with Gasteiger partial charge in [-0.15, -0.1) is 0 Å². The minimum absolute atomic E-state index is 0.0595. The SMILES string of the molecule is NC(=O)Oc1ccc2c(c1)Oc1cc(O)ccc1C21OC(=O)c2c(C(=O)O)cc(N3CCNCC3)cc21. The number of esters is 1. The van der Waals surface area contributed by atoms with Gasteiger partial charge in [0, 0.05) is 60.7 Å². The number of nitrogens with zero attached hydrogens (tertiary/aromatic N) is 1. The summed E-state index contributed by atoms with van der Waals surface area (Å²) in [6, 6.07) is 12.1. The van der Waals surface area contributed by atoms with Crippen LogP contribution in [0.2, 0.25) is 0 Å². The van der Waals surface area contributed by atoms with Crippen LogP contribution in [0.15, 0.2) is 48.5 Å². The average molecular weight is 503 g/mol. The molecule has 1 atom stereocenters. The summed E-state index contributed by atoms with van der Waals surface area (Å²) in [5, 5.41) is 23.5. The predicted molar refractivity (Wildman–Crippen MR) is 129 cm³/mol. The van der Waals surface area contributed by atoms with Crippen molar-refractivity contribution in [3.63, 3.8) is 0 Å². The molecule has 3 heterocycles. The second kappa shape index (κ2) is 8.14. The van der Waals surface area contributed by atoms with E-state index < -0.39 is 23.6 Å². The maximum Gasteiger partial charge on any atom is 0.409 e. The van der Waals surface area contributed by atoms with Crippen LogP contribution in [0.3, 0.4) is 0 Å². The van der Waals surface area contributed by atoms with E-state index in [0.717, 1.165) is 13.1 Å². The average Bonchev–Trinajstić information content (AvgIpc) is 3.16. The molecule has 5 N–H and O–H groups in total. The van der Waals surface area contributed by atoms with Gasteiger partial charge >= 0.3 is 18.0 Å². The number of amides is 1. The van der Waals surface area contributed by atoms with E-state index >= 15 is 0 Å². The van der Waals surface area contributed by atoms with Gasteiger partial charge < -0.3 is 40.4 Å². The van der Waals surface area contributed by atoms with E-state index in [4.69, 9.17) is 19.9 Å². The number of nitrogens with one attached hydrogen (secondary N) is 1. The van der Waals surface area contributed by atoms with Crippen LogP contribution in [0.25, 0.3) is 0 Å². The molecule has 37 heavy (non-hydrogen) atoms. The molecule has 1 unspecified atom stereocenters. The number of carboxylic acid groups (broad SMARTS) is 1. The van der Waals surface area contributed by atoms with Gasteiger partial charge in [0.25, 0.3) is 0 Å². The number of piperazine rings is 1. The Kier molecular flexibility index (Phi) is 4.99. The Hall–Kier alpha value is -4.77. The molecule has 0 radical (unpaired) electrons. The van der Waals surface area contributed by atoms with Crippen LogP contribution in [0.1, 0.15) is 37.4 Å². The lowest BCUT2D eigenvalue weighted by Gasteiger charge is -2.37. The summed E-state index contributed by atoms with van der Waals surface area (Å²) in [7, 11) is 0. The van der Waals surface area contributed by atoms with Crippen molar-refractivity contribution in [3.8, 4) is 23.0 Å². The van der Waals surface area contributed by atoms with Gasteiger partial charge in [-0.3, -0.25) is 0 Å². The topological polar surface area (TPSA) is 161 Å². The zero-order valence-corrected chi connectivity index (χ0v) is 19.3. The first kappa shape index (κ1) is 22.7. The summed E-state index contributed by atoms with van der Waals surface area (Å²) < 4.78 is 17.1. The predicted octanol–water partition coefficient (Wildman–Crippen LogP) is 2.53. The third kappa shape index (κ3) is 3.43. The molecule has 0 bridgehead atoms. The van der Waals surface area contributed by atoms with E-state index in [1.807, 2.05) is 4.90 Å². The van der Waals surface area contributed by atoms with Crippen molar-refractivity contribution in [2.24, 2.45) is 5.73 Å². The Morgan fingerprint density at radius 2 is 1.70 bits per heavy atom. The first-order valence-electron chi connectivity index (χ1n) is 11.5. The van der Waals surface area contributed by atoms with Crippen LogP contribution in [0.5, 0.6) is 23.0 Å². The highest BCUT2D eigenvalue weighted by Crippen LogP contribution is 2.58. The Balaban J connectivity index is 1.65. The number of aromatic carboxylic acids is 1. The molecule has 0 aromatic heterocycles. The summed E-state index contributed by atoms with van der Waals surface area (Å²) in [5.74, 6) is -1.69. The maximum atomic E-state index is 13.4. The van der Waals surface area contributed by atoms with E-state index in [1.54, 1.807) is 18.2 Å². The van der Waals surface area contributed by atoms with Gasteiger partial charge in [0.1, 0.15) is 23.0 Å². The van der Waals surface area contributed by atoms with E-state index in [0.29, 0.717) is 35.5 Å². The molecule has 3 aliphatic heterocycles. The molecular weight excluding hydrogens is 482 g/mol. The number of carbonyl (C=O) groups is 3. The Morgan fingerprint density at radius 1 is 1.00 bits per heavy atom.